The Labute approximate surface area is 68.4 Å². The molecule has 1 aliphatic heterocycles. The van der Waals surface area contributed by atoms with Crippen LogP contribution in [0.5, 0.6) is 0 Å². The second-order valence-corrected chi connectivity index (χ2v) is 3.56. The van der Waals surface area contributed by atoms with Crippen LogP contribution in [0.15, 0.2) is 23.3 Å². The maximum Gasteiger partial charge on any atom is 0.0320 e. The van der Waals surface area contributed by atoms with E-state index in [2.05, 4.69) is 31.0 Å². The van der Waals surface area contributed by atoms with Gasteiger partial charge in [0.05, 0.1) is 0 Å². The van der Waals surface area contributed by atoms with Gasteiger partial charge in [0.25, 0.3) is 0 Å². The van der Waals surface area contributed by atoms with Gasteiger partial charge >= 0.3 is 0 Å². The normalized spacial score (nSPS) is 31.3. The van der Waals surface area contributed by atoms with Gasteiger partial charge in [0.15, 0.2) is 0 Å². The van der Waals surface area contributed by atoms with Gasteiger partial charge in [0.2, 0.25) is 0 Å². The molecule has 0 bridgehead atoms. The van der Waals surface area contributed by atoms with E-state index < -0.39 is 0 Å². The van der Waals surface area contributed by atoms with Gasteiger partial charge in [-0.2, -0.15) is 0 Å². The largest absolute Gasteiger partial charge is 0.295 e. The predicted octanol–water partition coefficient (Wildman–Crippen LogP) is 1.97. The lowest BCUT2D eigenvalue weighted by Crippen LogP contribution is -2.22. The van der Waals surface area contributed by atoms with Crippen molar-refractivity contribution in [1.82, 2.24) is 4.90 Å². The minimum Gasteiger partial charge on any atom is -0.295 e. The third-order valence-corrected chi connectivity index (χ3v) is 2.82. The third-order valence-electron chi connectivity index (χ3n) is 2.82. The molecule has 1 atom stereocenters. The van der Waals surface area contributed by atoms with Gasteiger partial charge in [-0.05, 0) is 38.0 Å². The zero-order chi connectivity index (χ0) is 7.84. The van der Waals surface area contributed by atoms with Crippen LogP contribution < -0.4 is 0 Å². The van der Waals surface area contributed by atoms with E-state index in [0.29, 0.717) is 6.04 Å². The lowest BCUT2D eigenvalue weighted by atomic mass is 9.97. The molecule has 1 heteroatoms. The van der Waals surface area contributed by atoms with Gasteiger partial charge in [-0.15, -0.1) is 0 Å². The van der Waals surface area contributed by atoms with Crippen LogP contribution in [0.4, 0.5) is 0 Å². The summed E-state index contributed by atoms with van der Waals surface area (Å²) in [6.07, 6.45) is 7.30. The Balaban J connectivity index is 2.31. The van der Waals surface area contributed by atoms with Crippen LogP contribution in [0.2, 0.25) is 0 Å². The molecule has 1 saturated heterocycles. The van der Waals surface area contributed by atoms with E-state index in [4.69, 9.17) is 0 Å². The van der Waals surface area contributed by atoms with Gasteiger partial charge < -0.3 is 0 Å². The highest BCUT2D eigenvalue weighted by Gasteiger charge is 2.26. The SMILES string of the molecule is CC1C2=CCCC=C2CN1C. The quantitative estimate of drug-likeness (QED) is 0.509. The fourth-order valence-corrected chi connectivity index (χ4v) is 1.98. The summed E-state index contributed by atoms with van der Waals surface area (Å²) < 4.78 is 0. The second-order valence-electron chi connectivity index (χ2n) is 3.56. The molecule has 0 aromatic carbocycles. The van der Waals surface area contributed by atoms with Gasteiger partial charge in [-0.25, -0.2) is 0 Å². The molecule has 0 N–H and O–H groups in total. The molecule has 1 nitrogen and oxygen atoms in total. The molecular formula is C10H15N. The van der Waals surface area contributed by atoms with Crippen molar-refractivity contribution in [2.45, 2.75) is 25.8 Å². The number of nitrogens with zero attached hydrogens (tertiary/aromatic N) is 1. The van der Waals surface area contributed by atoms with Gasteiger partial charge in [-0.3, -0.25) is 4.90 Å². The van der Waals surface area contributed by atoms with Crippen molar-refractivity contribution in [2.75, 3.05) is 13.6 Å². The van der Waals surface area contributed by atoms with Gasteiger partial charge in [0, 0.05) is 12.6 Å². The monoisotopic (exact) mass is 149 g/mol. The highest BCUT2D eigenvalue weighted by Crippen LogP contribution is 2.30. The summed E-state index contributed by atoms with van der Waals surface area (Å²) >= 11 is 0. The molecule has 11 heavy (non-hydrogen) atoms. The Morgan fingerprint density at radius 2 is 2.09 bits per heavy atom. The molecule has 0 radical (unpaired) electrons. The van der Waals surface area contributed by atoms with E-state index in [-0.39, 0.29) is 0 Å². The first-order chi connectivity index (χ1) is 5.29. The lowest BCUT2D eigenvalue weighted by Gasteiger charge is -2.14. The van der Waals surface area contributed by atoms with E-state index in [1.807, 2.05) is 0 Å². The number of rotatable bonds is 0. The van der Waals surface area contributed by atoms with Crippen molar-refractivity contribution in [1.29, 1.82) is 0 Å². The summed E-state index contributed by atoms with van der Waals surface area (Å²) in [6, 6.07) is 0.654. The zero-order valence-electron chi connectivity index (χ0n) is 7.30. The summed E-state index contributed by atoms with van der Waals surface area (Å²) in [6.45, 7) is 3.45. The van der Waals surface area contributed by atoms with Crippen molar-refractivity contribution in [3.63, 3.8) is 0 Å². The number of hydrogen-bond acceptors (Lipinski definition) is 1. The van der Waals surface area contributed by atoms with Crippen molar-refractivity contribution in [3.8, 4) is 0 Å². The van der Waals surface area contributed by atoms with Crippen molar-refractivity contribution in [3.05, 3.63) is 23.3 Å². The molecule has 0 aromatic heterocycles. The Kier molecular flexibility index (Phi) is 1.61. The van der Waals surface area contributed by atoms with E-state index >= 15 is 0 Å². The van der Waals surface area contributed by atoms with Gasteiger partial charge in [0.1, 0.15) is 0 Å². The molecule has 1 heterocycles. The summed E-state index contributed by atoms with van der Waals surface area (Å²) in [5.41, 5.74) is 3.16. The maximum atomic E-state index is 2.41. The number of fused-ring (bicyclic) bond motifs is 1. The molecule has 1 fully saturated rings. The summed E-state index contributed by atoms with van der Waals surface area (Å²) in [5.74, 6) is 0. The molecule has 0 aromatic rings. The number of likely N-dealkylation sites (tertiary alicyclic amines) is 1. The zero-order valence-corrected chi connectivity index (χ0v) is 7.30. The first-order valence-electron chi connectivity index (χ1n) is 4.39. The molecule has 2 rings (SSSR count). The highest BCUT2D eigenvalue weighted by molar-refractivity contribution is 5.42. The average molecular weight is 149 g/mol. The van der Waals surface area contributed by atoms with Crippen LogP contribution in [0.25, 0.3) is 0 Å². The fraction of sp³-hybridized carbons (Fsp3) is 0.600. The highest BCUT2D eigenvalue weighted by atomic mass is 15.1. The summed E-state index contributed by atoms with van der Waals surface area (Å²) in [5, 5.41) is 0. The van der Waals surface area contributed by atoms with E-state index in [1.54, 1.807) is 11.1 Å². The minimum absolute atomic E-state index is 0.654. The third kappa shape index (κ3) is 1.04. The lowest BCUT2D eigenvalue weighted by molar-refractivity contribution is 0.354. The first kappa shape index (κ1) is 7.11. The van der Waals surface area contributed by atoms with Crippen LogP contribution in [0.3, 0.4) is 0 Å². The van der Waals surface area contributed by atoms with Crippen LogP contribution in [0, 0.1) is 0 Å². The topological polar surface area (TPSA) is 3.24 Å². The Morgan fingerprint density at radius 1 is 1.36 bits per heavy atom. The Hall–Kier alpha value is -0.560. The van der Waals surface area contributed by atoms with Crippen molar-refractivity contribution < 1.29 is 0 Å². The van der Waals surface area contributed by atoms with E-state index in [9.17, 15) is 0 Å². The molecule has 60 valence electrons. The molecule has 0 saturated carbocycles. The summed E-state index contributed by atoms with van der Waals surface area (Å²) in [7, 11) is 2.20. The standard InChI is InChI=1S/C10H15N/c1-8-10-6-4-3-5-9(10)7-11(8)2/h5-6,8H,3-4,7H2,1-2H3. The second kappa shape index (κ2) is 2.49. The van der Waals surface area contributed by atoms with Crippen LogP contribution in [0.1, 0.15) is 19.8 Å². The predicted molar refractivity (Wildman–Crippen MR) is 47.5 cm³/mol. The molecular weight excluding hydrogens is 134 g/mol. The summed E-state index contributed by atoms with van der Waals surface area (Å²) in [4.78, 5) is 2.41. The molecule has 0 spiro atoms. The van der Waals surface area contributed by atoms with Crippen LogP contribution in [-0.2, 0) is 0 Å². The number of allylic oxidation sites excluding steroid dienone is 2. The molecule has 0 amide bonds. The minimum atomic E-state index is 0.654. The average Bonchev–Trinajstić information content (AvgIpc) is 2.30. The Morgan fingerprint density at radius 3 is 2.82 bits per heavy atom. The van der Waals surface area contributed by atoms with Crippen molar-refractivity contribution >= 4 is 0 Å². The first-order valence-corrected chi connectivity index (χ1v) is 4.39. The molecule has 2 aliphatic rings. The van der Waals surface area contributed by atoms with Crippen LogP contribution >= 0.6 is 0 Å². The fourth-order valence-electron chi connectivity index (χ4n) is 1.98. The van der Waals surface area contributed by atoms with E-state index in [0.717, 1.165) is 6.54 Å². The molecule has 1 unspecified atom stereocenters. The van der Waals surface area contributed by atoms with Crippen LogP contribution in [-0.4, -0.2) is 24.5 Å². The van der Waals surface area contributed by atoms with Gasteiger partial charge in [-0.1, -0.05) is 12.2 Å². The smallest absolute Gasteiger partial charge is 0.0320 e. The maximum absolute atomic E-state index is 2.41. The number of likely N-dealkylation sites (N-methyl/N-ethyl adjacent to an activating group) is 1. The van der Waals surface area contributed by atoms with Crippen molar-refractivity contribution in [2.24, 2.45) is 0 Å². The van der Waals surface area contributed by atoms with E-state index in [1.165, 1.54) is 12.8 Å². The number of hydrogen-bond donors (Lipinski definition) is 0. The molecule has 1 aliphatic carbocycles. The Bertz CT molecular complexity index is 225.